The second kappa shape index (κ2) is 37.6. The molecule has 1 saturated heterocycles. The minimum absolute atomic E-state index is 0.261. The van der Waals surface area contributed by atoms with Gasteiger partial charge in [-0.3, -0.25) is 4.79 Å². The number of carbonyl (C=O) groups is 1. The zero-order chi connectivity index (χ0) is 42.6. The zero-order valence-corrected chi connectivity index (χ0v) is 37.0. The van der Waals surface area contributed by atoms with Crippen molar-refractivity contribution in [3.05, 3.63) is 12.2 Å². The van der Waals surface area contributed by atoms with Gasteiger partial charge < -0.3 is 50.5 Å². The number of aliphatic hydroxyl groups excluding tert-OH is 7. The molecule has 9 atom stereocenters. The Hall–Kier alpha value is -1.15. The molecule has 1 amide bonds. The fourth-order valence-electron chi connectivity index (χ4n) is 7.79. The average molecular weight is 830 g/mol. The summed E-state index contributed by atoms with van der Waals surface area (Å²) in [4.78, 5) is 13.1. The van der Waals surface area contributed by atoms with Crippen LogP contribution in [-0.4, -0.2) is 110 Å². The van der Waals surface area contributed by atoms with Gasteiger partial charge in [0, 0.05) is 0 Å². The van der Waals surface area contributed by atoms with Gasteiger partial charge >= 0.3 is 0 Å². The zero-order valence-electron chi connectivity index (χ0n) is 37.0. The largest absolute Gasteiger partial charge is 0.394 e. The first-order valence-corrected chi connectivity index (χ1v) is 24.1. The van der Waals surface area contributed by atoms with E-state index in [-0.39, 0.29) is 6.42 Å². The standard InChI is InChI=1S/C47H91NO10/c1-3-5-7-9-11-13-15-16-17-18-19-20-21-22-23-25-27-29-31-33-35-40(51)46(56)48-38(37-57-47-45(55)44(54)43(53)41(36-49)58-47)42(52)39(50)34-32-30-28-26-24-14-12-10-8-6-4-2/h16-17,38-45,47,49-55H,3-15,18-37H2,1-2H3,(H,48,56). The van der Waals surface area contributed by atoms with Crippen LogP contribution in [0.3, 0.4) is 0 Å². The predicted molar refractivity (Wildman–Crippen MR) is 233 cm³/mol. The second-order valence-corrected chi connectivity index (χ2v) is 17.2. The van der Waals surface area contributed by atoms with Crippen LogP contribution in [0.1, 0.15) is 213 Å². The maximum absolute atomic E-state index is 13.1. The summed E-state index contributed by atoms with van der Waals surface area (Å²) < 4.78 is 11.1. The second-order valence-electron chi connectivity index (χ2n) is 17.2. The smallest absolute Gasteiger partial charge is 0.249 e. The van der Waals surface area contributed by atoms with Gasteiger partial charge in [0.15, 0.2) is 6.29 Å². The van der Waals surface area contributed by atoms with E-state index in [2.05, 4.69) is 31.3 Å². The molecule has 58 heavy (non-hydrogen) atoms. The lowest BCUT2D eigenvalue weighted by Crippen LogP contribution is -2.60. The average Bonchev–Trinajstić information content (AvgIpc) is 3.22. The number of aliphatic hydroxyl groups is 7. The Labute approximate surface area is 353 Å². The first-order valence-electron chi connectivity index (χ1n) is 24.1. The molecule has 8 N–H and O–H groups in total. The summed E-state index contributed by atoms with van der Waals surface area (Å²) in [5.41, 5.74) is 0. The Bertz CT molecular complexity index is 954. The molecule has 11 nitrogen and oxygen atoms in total. The van der Waals surface area contributed by atoms with Crippen LogP contribution in [0.15, 0.2) is 12.2 Å². The summed E-state index contributed by atoms with van der Waals surface area (Å²) in [6, 6.07) is -1.16. The molecule has 0 radical (unpaired) electrons. The maximum Gasteiger partial charge on any atom is 0.249 e. The molecule has 0 saturated carbocycles. The number of hydrogen-bond acceptors (Lipinski definition) is 10. The highest BCUT2D eigenvalue weighted by molar-refractivity contribution is 5.80. The van der Waals surface area contributed by atoms with Crippen molar-refractivity contribution in [2.45, 2.75) is 268 Å². The molecule has 1 aliphatic heterocycles. The lowest BCUT2D eigenvalue weighted by Gasteiger charge is -2.40. The molecule has 0 aromatic carbocycles. The van der Waals surface area contributed by atoms with Gasteiger partial charge in [0.1, 0.15) is 36.6 Å². The van der Waals surface area contributed by atoms with E-state index in [9.17, 15) is 40.5 Å². The predicted octanol–water partition coefficient (Wildman–Crippen LogP) is 8.06. The number of allylic oxidation sites excluding steroid dienone is 2. The van der Waals surface area contributed by atoms with E-state index in [4.69, 9.17) is 9.47 Å². The van der Waals surface area contributed by atoms with Crippen molar-refractivity contribution in [1.29, 1.82) is 0 Å². The van der Waals surface area contributed by atoms with Crippen LogP contribution in [0.2, 0.25) is 0 Å². The highest BCUT2D eigenvalue weighted by Crippen LogP contribution is 2.23. The van der Waals surface area contributed by atoms with E-state index < -0.39 is 74.2 Å². The Morgan fingerprint density at radius 3 is 1.45 bits per heavy atom. The van der Waals surface area contributed by atoms with Crippen molar-refractivity contribution in [3.63, 3.8) is 0 Å². The van der Waals surface area contributed by atoms with Crippen LogP contribution in [0.4, 0.5) is 0 Å². The van der Waals surface area contributed by atoms with Crippen molar-refractivity contribution >= 4 is 5.91 Å². The monoisotopic (exact) mass is 830 g/mol. The fourth-order valence-corrected chi connectivity index (χ4v) is 7.79. The Morgan fingerprint density at radius 1 is 0.586 bits per heavy atom. The molecule has 0 spiro atoms. The lowest BCUT2D eigenvalue weighted by molar-refractivity contribution is -0.303. The van der Waals surface area contributed by atoms with Crippen molar-refractivity contribution in [2.75, 3.05) is 13.2 Å². The first-order chi connectivity index (χ1) is 28.2. The van der Waals surface area contributed by atoms with E-state index in [1.807, 2.05) is 0 Å². The number of hydrogen-bond donors (Lipinski definition) is 8. The lowest BCUT2D eigenvalue weighted by atomic mass is 9.98. The van der Waals surface area contributed by atoms with Gasteiger partial charge in [-0.15, -0.1) is 0 Å². The van der Waals surface area contributed by atoms with Gasteiger partial charge in [0.2, 0.25) is 5.91 Å². The molecule has 1 fully saturated rings. The molecule has 1 rings (SSSR count). The van der Waals surface area contributed by atoms with Gasteiger partial charge in [-0.2, -0.15) is 0 Å². The summed E-state index contributed by atoms with van der Waals surface area (Å²) in [5, 5.41) is 75.6. The van der Waals surface area contributed by atoms with E-state index >= 15 is 0 Å². The Kier molecular flexibility index (Phi) is 35.6. The third-order valence-electron chi connectivity index (χ3n) is 11.8. The number of carbonyl (C=O) groups excluding carboxylic acids is 1. The molecule has 0 bridgehead atoms. The van der Waals surface area contributed by atoms with Crippen LogP contribution >= 0.6 is 0 Å². The SMILES string of the molecule is CCCCCCCCC=CCCCCCCCCCCCCC(O)C(=O)NC(COC1OC(CO)C(O)C(O)C1O)C(O)C(O)CCCCCCCCCCCCC. The molecule has 0 aromatic rings. The summed E-state index contributed by atoms with van der Waals surface area (Å²) >= 11 is 0. The molecule has 9 unspecified atom stereocenters. The van der Waals surface area contributed by atoms with Gasteiger partial charge in [0.05, 0.1) is 25.4 Å². The summed E-state index contributed by atoms with van der Waals surface area (Å²) in [5.74, 6) is -0.698. The van der Waals surface area contributed by atoms with Crippen molar-refractivity contribution < 1.29 is 50.0 Å². The minimum atomic E-state index is -1.66. The Balaban J connectivity index is 2.39. The highest BCUT2D eigenvalue weighted by atomic mass is 16.7. The van der Waals surface area contributed by atoms with E-state index in [1.54, 1.807) is 0 Å². The van der Waals surface area contributed by atoms with Crippen LogP contribution in [-0.2, 0) is 14.3 Å². The number of amides is 1. The van der Waals surface area contributed by atoms with Gasteiger partial charge in [-0.05, 0) is 38.5 Å². The fraction of sp³-hybridized carbons (Fsp3) is 0.936. The highest BCUT2D eigenvalue weighted by Gasteiger charge is 2.44. The van der Waals surface area contributed by atoms with Gasteiger partial charge in [-0.1, -0.05) is 187 Å². The molecule has 0 aromatic heterocycles. The number of ether oxygens (including phenoxy) is 2. The molecule has 11 heteroatoms. The first kappa shape index (κ1) is 54.9. The maximum atomic E-state index is 13.1. The van der Waals surface area contributed by atoms with Gasteiger partial charge in [0.25, 0.3) is 0 Å². The molecule has 344 valence electrons. The van der Waals surface area contributed by atoms with E-state index in [0.29, 0.717) is 19.3 Å². The Morgan fingerprint density at radius 2 is 1.00 bits per heavy atom. The number of rotatable bonds is 40. The minimum Gasteiger partial charge on any atom is -0.394 e. The third-order valence-corrected chi connectivity index (χ3v) is 11.8. The number of unbranched alkanes of at least 4 members (excludes halogenated alkanes) is 26. The third kappa shape index (κ3) is 26.9. The number of nitrogens with one attached hydrogen (secondary N) is 1. The molecular weight excluding hydrogens is 739 g/mol. The van der Waals surface area contributed by atoms with Crippen molar-refractivity contribution in [3.8, 4) is 0 Å². The van der Waals surface area contributed by atoms with Crippen LogP contribution in [0, 0.1) is 0 Å². The molecule has 1 heterocycles. The summed E-state index contributed by atoms with van der Waals surface area (Å²) in [6.07, 6.45) is 28.3. The van der Waals surface area contributed by atoms with Crippen molar-refractivity contribution in [2.24, 2.45) is 0 Å². The molecule has 1 aliphatic rings. The molecule has 0 aliphatic carbocycles. The normalized spacial score (nSPS) is 22.0. The van der Waals surface area contributed by atoms with E-state index in [0.717, 1.165) is 38.5 Å². The quantitative estimate of drug-likeness (QED) is 0.0222. The topological polar surface area (TPSA) is 189 Å². The van der Waals surface area contributed by atoms with Crippen LogP contribution in [0.25, 0.3) is 0 Å². The summed E-state index contributed by atoms with van der Waals surface area (Å²) in [6.45, 7) is 3.43. The van der Waals surface area contributed by atoms with Crippen molar-refractivity contribution in [1.82, 2.24) is 5.32 Å². The van der Waals surface area contributed by atoms with Gasteiger partial charge in [-0.25, -0.2) is 0 Å². The van der Waals surface area contributed by atoms with Crippen LogP contribution < -0.4 is 5.32 Å². The van der Waals surface area contributed by atoms with Crippen LogP contribution in [0.5, 0.6) is 0 Å². The molecular formula is C47H91NO10. The summed E-state index contributed by atoms with van der Waals surface area (Å²) in [7, 11) is 0. The van der Waals surface area contributed by atoms with E-state index in [1.165, 1.54) is 135 Å².